The van der Waals surface area contributed by atoms with Crippen LogP contribution in [-0.4, -0.2) is 33.6 Å². The van der Waals surface area contributed by atoms with E-state index in [1.807, 2.05) is 42.5 Å². The van der Waals surface area contributed by atoms with Gasteiger partial charge in [-0.25, -0.2) is 32.1 Å². The molecule has 0 atom stereocenters. The van der Waals surface area contributed by atoms with Crippen molar-refractivity contribution in [3.63, 3.8) is 0 Å². The van der Waals surface area contributed by atoms with Crippen LogP contribution in [0.4, 0.5) is 11.4 Å². The lowest BCUT2D eigenvalue weighted by Gasteiger charge is -2.20. The number of primary sulfonamides is 2. The number of hydrogen-bond acceptors (Lipinski definition) is 7. The Hall–Kier alpha value is -4.21. The minimum atomic E-state index is -4.24. The summed E-state index contributed by atoms with van der Waals surface area (Å²) in [7, 11) is -8.37. The highest BCUT2D eigenvalue weighted by Gasteiger charge is 2.36. The Bertz CT molecular complexity index is 1950. The van der Waals surface area contributed by atoms with Crippen molar-refractivity contribution in [3.05, 3.63) is 96.1 Å². The van der Waals surface area contributed by atoms with Crippen molar-refractivity contribution < 1.29 is 21.6 Å². The molecule has 0 aromatic heterocycles. The molecule has 0 radical (unpaired) electrons. The third kappa shape index (κ3) is 5.05. The molecule has 0 spiro atoms. The van der Waals surface area contributed by atoms with Gasteiger partial charge < -0.3 is 10.6 Å². The molecule has 1 heterocycles. The highest BCUT2D eigenvalue weighted by atomic mass is 32.2. The molecule has 204 valence electrons. The lowest BCUT2D eigenvalue weighted by Crippen LogP contribution is -2.36. The molecular weight excluding hydrogens is 573 g/mol. The van der Waals surface area contributed by atoms with Crippen molar-refractivity contribution in [2.24, 2.45) is 21.1 Å². The highest BCUT2D eigenvalue weighted by Crippen LogP contribution is 2.35. The maximum atomic E-state index is 13.9. The number of hydrogen-bond donors (Lipinski definition) is 3. The largest absolute Gasteiger partial charge is 0.374 e. The van der Waals surface area contributed by atoms with Gasteiger partial charge in [-0.05, 0) is 58.9 Å². The van der Waals surface area contributed by atoms with Crippen molar-refractivity contribution >= 4 is 71.1 Å². The Labute approximate surface area is 235 Å². The molecule has 11 nitrogen and oxygen atoms in total. The molecule has 14 heteroatoms. The van der Waals surface area contributed by atoms with Gasteiger partial charge in [0.2, 0.25) is 20.0 Å². The molecule has 0 unspecified atom stereocenters. The van der Waals surface area contributed by atoms with Gasteiger partial charge in [-0.1, -0.05) is 54.6 Å². The highest BCUT2D eigenvalue weighted by molar-refractivity contribution is 7.89. The van der Waals surface area contributed by atoms with Crippen molar-refractivity contribution in [2.75, 3.05) is 9.91 Å². The third-order valence-electron chi connectivity index (χ3n) is 6.31. The van der Waals surface area contributed by atoms with E-state index < -0.39 is 26.0 Å². The first-order chi connectivity index (χ1) is 18.9. The van der Waals surface area contributed by atoms with Crippen LogP contribution >= 0.6 is 12.2 Å². The number of amides is 1. The maximum Gasteiger partial charge on any atom is 0.279 e. The number of sulfonamides is 2. The van der Waals surface area contributed by atoms with E-state index >= 15 is 0 Å². The van der Waals surface area contributed by atoms with Crippen LogP contribution < -0.4 is 25.9 Å². The molecule has 1 aliphatic heterocycles. The predicted molar refractivity (Wildman–Crippen MR) is 157 cm³/mol. The molecule has 1 aliphatic rings. The minimum Gasteiger partial charge on any atom is -0.374 e. The second kappa shape index (κ2) is 10.1. The number of carbonyl (C=O) groups excluding carboxylic acids is 1. The zero-order valence-electron chi connectivity index (χ0n) is 20.6. The second-order valence-corrected chi connectivity index (χ2v) is 12.4. The van der Waals surface area contributed by atoms with Gasteiger partial charge in [-0.15, -0.1) is 0 Å². The molecule has 4 aromatic carbocycles. The van der Waals surface area contributed by atoms with Gasteiger partial charge in [0, 0.05) is 5.56 Å². The third-order valence-corrected chi connectivity index (χ3v) is 8.35. The summed E-state index contributed by atoms with van der Waals surface area (Å²) in [6.45, 7) is 0.127. The Kier molecular flexibility index (Phi) is 6.89. The lowest BCUT2D eigenvalue weighted by atomic mass is 10.0. The molecule has 0 bridgehead atoms. The molecular formula is C26H22N6O5S3. The van der Waals surface area contributed by atoms with E-state index in [4.69, 9.17) is 28.2 Å². The van der Waals surface area contributed by atoms with Crippen molar-refractivity contribution in [1.29, 1.82) is 0 Å². The lowest BCUT2D eigenvalue weighted by molar-refractivity contribution is -0.112. The standard InChI is InChI=1S/C26H22N6O5S3/c27-26(38)32(22-10-3-4-11-23(22)40(29,36)37)30-24-20-14-18(39(28,34)35)12-13-21(20)31(25(24)33)15-17-8-5-7-16-6-1-2-9-19(16)17/h1-14H,15H2,(H2,27,38)(H2,28,34,35)(H2,29,36,37)/b30-24-. The van der Waals surface area contributed by atoms with E-state index in [-0.39, 0.29) is 38.4 Å². The number of benzene rings is 4. The van der Waals surface area contributed by atoms with Crippen LogP contribution in [0.25, 0.3) is 10.8 Å². The summed E-state index contributed by atoms with van der Waals surface area (Å²) in [6.07, 6.45) is 0. The number of para-hydroxylation sites is 1. The van der Waals surface area contributed by atoms with Crippen molar-refractivity contribution in [2.45, 2.75) is 16.3 Å². The Morgan fingerprint density at radius 2 is 1.55 bits per heavy atom. The molecule has 1 amide bonds. The van der Waals surface area contributed by atoms with E-state index in [1.165, 1.54) is 47.4 Å². The number of nitrogens with two attached hydrogens (primary N) is 3. The monoisotopic (exact) mass is 594 g/mol. The Morgan fingerprint density at radius 1 is 0.875 bits per heavy atom. The number of nitrogens with zero attached hydrogens (tertiary/aromatic N) is 3. The van der Waals surface area contributed by atoms with Crippen LogP contribution in [0.2, 0.25) is 0 Å². The summed E-state index contributed by atoms with van der Waals surface area (Å²) in [5, 5.41) is 17.5. The maximum absolute atomic E-state index is 13.9. The molecule has 0 saturated carbocycles. The molecule has 6 N–H and O–H groups in total. The van der Waals surface area contributed by atoms with Gasteiger partial charge in [0.25, 0.3) is 5.91 Å². The first kappa shape index (κ1) is 27.4. The minimum absolute atomic E-state index is 0.0885. The van der Waals surface area contributed by atoms with Gasteiger partial charge in [0.15, 0.2) is 10.8 Å². The second-order valence-electron chi connectivity index (χ2n) is 8.86. The topological polar surface area (TPSA) is 182 Å². The fourth-order valence-corrected chi connectivity index (χ4v) is 5.91. The summed E-state index contributed by atoms with van der Waals surface area (Å²) in [4.78, 5) is 14.8. The van der Waals surface area contributed by atoms with Gasteiger partial charge in [0.05, 0.1) is 22.8 Å². The number of hydrazone groups is 1. The summed E-state index contributed by atoms with van der Waals surface area (Å²) >= 11 is 5.15. The first-order valence-corrected chi connectivity index (χ1v) is 15.1. The van der Waals surface area contributed by atoms with Crippen LogP contribution in [0.15, 0.2) is 99.8 Å². The summed E-state index contributed by atoms with van der Waals surface area (Å²) < 4.78 is 48.8. The van der Waals surface area contributed by atoms with Gasteiger partial charge in [0.1, 0.15) is 4.90 Å². The average molecular weight is 595 g/mol. The fourth-order valence-electron chi connectivity index (χ4n) is 4.52. The van der Waals surface area contributed by atoms with Crippen molar-refractivity contribution in [1.82, 2.24) is 0 Å². The normalized spacial score (nSPS) is 14.5. The van der Waals surface area contributed by atoms with E-state index in [2.05, 4.69) is 5.10 Å². The van der Waals surface area contributed by atoms with E-state index in [0.29, 0.717) is 5.69 Å². The smallest absolute Gasteiger partial charge is 0.279 e. The van der Waals surface area contributed by atoms with Gasteiger partial charge >= 0.3 is 0 Å². The number of anilines is 2. The summed E-state index contributed by atoms with van der Waals surface area (Å²) in [5.74, 6) is -0.594. The number of carbonyl (C=O) groups is 1. The average Bonchev–Trinajstić information content (AvgIpc) is 3.16. The van der Waals surface area contributed by atoms with E-state index in [1.54, 1.807) is 0 Å². The van der Waals surface area contributed by atoms with Crippen molar-refractivity contribution in [3.8, 4) is 0 Å². The molecule has 40 heavy (non-hydrogen) atoms. The molecule has 0 fully saturated rings. The van der Waals surface area contributed by atoms with E-state index in [0.717, 1.165) is 21.3 Å². The quantitative estimate of drug-likeness (QED) is 0.224. The Balaban J connectivity index is 1.70. The zero-order valence-corrected chi connectivity index (χ0v) is 23.1. The SMILES string of the molecule is NC(=S)N(/N=C1\C(=O)N(Cc2cccc3ccccc23)c2ccc(S(N)(=O)=O)cc21)c1ccccc1S(N)(=O)=O. The Morgan fingerprint density at radius 3 is 2.25 bits per heavy atom. The summed E-state index contributed by atoms with van der Waals surface area (Å²) in [5.41, 5.74) is 6.95. The van der Waals surface area contributed by atoms with Crippen LogP contribution in [0.3, 0.4) is 0 Å². The van der Waals surface area contributed by atoms with Crippen LogP contribution in [0.1, 0.15) is 11.1 Å². The molecule has 0 aliphatic carbocycles. The predicted octanol–water partition coefficient (Wildman–Crippen LogP) is 2.14. The first-order valence-electron chi connectivity index (χ1n) is 11.6. The number of fused-ring (bicyclic) bond motifs is 2. The van der Waals surface area contributed by atoms with Crippen LogP contribution in [0.5, 0.6) is 0 Å². The zero-order chi connectivity index (χ0) is 28.8. The van der Waals surface area contributed by atoms with Crippen LogP contribution in [-0.2, 0) is 31.4 Å². The molecule has 5 rings (SSSR count). The van der Waals surface area contributed by atoms with Crippen LogP contribution in [0, 0.1) is 0 Å². The summed E-state index contributed by atoms with van der Waals surface area (Å²) in [6, 6.07) is 23.0. The van der Waals surface area contributed by atoms with Gasteiger partial charge in [-0.2, -0.15) is 5.10 Å². The molecule has 0 saturated heterocycles. The number of rotatable bonds is 6. The van der Waals surface area contributed by atoms with E-state index in [9.17, 15) is 21.6 Å². The van der Waals surface area contributed by atoms with Gasteiger partial charge in [-0.3, -0.25) is 4.79 Å². The number of thiocarbonyl (C=S) groups is 1. The molecule has 4 aromatic rings. The fraction of sp³-hybridized carbons (Fsp3) is 0.0385.